The van der Waals surface area contributed by atoms with E-state index in [4.69, 9.17) is 21.1 Å². The van der Waals surface area contributed by atoms with E-state index in [-0.39, 0.29) is 12.0 Å². The number of para-hydroxylation sites is 2. The lowest BCUT2D eigenvalue weighted by molar-refractivity contribution is -0.121. The monoisotopic (exact) mass is 333 g/mol. The number of amides is 1. The molecule has 4 nitrogen and oxygen atoms in total. The zero-order valence-electron chi connectivity index (χ0n) is 13.2. The van der Waals surface area contributed by atoms with Crippen molar-refractivity contribution in [3.05, 3.63) is 60.2 Å². The molecule has 23 heavy (non-hydrogen) atoms. The first-order chi connectivity index (χ1) is 11.1. The van der Waals surface area contributed by atoms with E-state index in [0.29, 0.717) is 18.0 Å². The van der Waals surface area contributed by atoms with Gasteiger partial charge in [0.25, 0.3) is 0 Å². The second-order valence-corrected chi connectivity index (χ2v) is 5.53. The van der Waals surface area contributed by atoms with Gasteiger partial charge in [-0.05, 0) is 24.6 Å². The lowest BCUT2D eigenvalue weighted by Gasteiger charge is -2.18. The van der Waals surface area contributed by atoms with Crippen LogP contribution in [0.25, 0.3) is 0 Å². The van der Waals surface area contributed by atoms with E-state index >= 15 is 0 Å². The molecule has 0 aliphatic rings. The molecule has 0 saturated heterocycles. The summed E-state index contributed by atoms with van der Waals surface area (Å²) in [5.41, 5.74) is 0.768. The van der Waals surface area contributed by atoms with E-state index in [9.17, 15) is 4.79 Å². The summed E-state index contributed by atoms with van der Waals surface area (Å²) < 4.78 is 11.0. The maximum atomic E-state index is 12.1. The van der Waals surface area contributed by atoms with Crippen LogP contribution in [0.2, 0.25) is 0 Å². The van der Waals surface area contributed by atoms with Gasteiger partial charge in [0.15, 0.2) is 11.5 Å². The minimum Gasteiger partial charge on any atom is -0.493 e. The molecule has 2 aromatic rings. The Morgan fingerprint density at radius 3 is 2.35 bits per heavy atom. The van der Waals surface area contributed by atoms with E-state index in [2.05, 4.69) is 5.32 Å². The normalized spacial score (nSPS) is 13.0. The molecule has 0 radical (unpaired) electrons. The second kappa shape index (κ2) is 8.44. The molecule has 0 aliphatic carbocycles. The molecule has 0 spiro atoms. The van der Waals surface area contributed by atoms with E-state index in [0.717, 1.165) is 5.56 Å². The Morgan fingerprint density at radius 1 is 1.09 bits per heavy atom. The van der Waals surface area contributed by atoms with Crippen molar-refractivity contribution in [2.45, 2.75) is 18.4 Å². The van der Waals surface area contributed by atoms with Crippen molar-refractivity contribution in [3.63, 3.8) is 0 Å². The topological polar surface area (TPSA) is 47.6 Å². The number of halogens is 1. The predicted molar refractivity (Wildman–Crippen MR) is 91.1 cm³/mol. The highest BCUT2D eigenvalue weighted by Gasteiger charge is 2.18. The number of rotatable bonds is 7. The molecule has 0 heterocycles. The molecule has 2 atom stereocenters. The molecule has 5 heteroatoms. The minimum absolute atomic E-state index is 0.213. The molecule has 2 aromatic carbocycles. The number of ether oxygens (including phenoxy) is 2. The molecular weight excluding hydrogens is 314 g/mol. The average Bonchev–Trinajstić information content (AvgIpc) is 2.60. The van der Waals surface area contributed by atoms with E-state index in [1.165, 1.54) is 0 Å². The zero-order valence-corrected chi connectivity index (χ0v) is 13.9. The summed E-state index contributed by atoms with van der Waals surface area (Å²) in [6, 6.07) is 16.6. The van der Waals surface area contributed by atoms with Crippen molar-refractivity contribution in [3.8, 4) is 11.5 Å². The van der Waals surface area contributed by atoms with E-state index in [1.54, 1.807) is 7.11 Å². The van der Waals surface area contributed by atoms with Gasteiger partial charge in [0.05, 0.1) is 13.7 Å². The van der Waals surface area contributed by atoms with E-state index < -0.39 is 5.38 Å². The van der Waals surface area contributed by atoms with Gasteiger partial charge in [0, 0.05) is 0 Å². The van der Waals surface area contributed by atoms with Gasteiger partial charge in [0.1, 0.15) is 11.5 Å². The fourth-order valence-electron chi connectivity index (χ4n) is 2.08. The molecule has 2 unspecified atom stereocenters. The van der Waals surface area contributed by atoms with Crippen LogP contribution < -0.4 is 14.8 Å². The number of carbonyl (C=O) groups excluding carboxylic acids is 1. The van der Waals surface area contributed by atoms with Crippen molar-refractivity contribution >= 4 is 17.5 Å². The summed E-state index contributed by atoms with van der Waals surface area (Å²) in [5.74, 6) is 1.06. The van der Waals surface area contributed by atoms with Crippen molar-refractivity contribution in [1.29, 1.82) is 0 Å². The summed E-state index contributed by atoms with van der Waals surface area (Å²) in [7, 11) is 1.59. The lowest BCUT2D eigenvalue weighted by Crippen LogP contribution is -2.35. The number of benzene rings is 2. The largest absolute Gasteiger partial charge is 0.493 e. The zero-order chi connectivity index (χ0) is 16.7. The average molecular weight is 334 g/mol. The van der Waals surface area contributed by atoms with Gasteiger partial charge in [-0.1, -0.05) is 42.5 Å². The molecule has 0 bridgehead atoms. The van der Waals surface area contributed by atoms with Crippen LogP contribution in [0.3, 0.4) is 0 Å². The molecule has 0 aromatic heterocycles. The third-order valence-corrected chi connectivity index (χ3v) is 3.73. The van der Waals surface area contributed by atoms with Crippen LogP contribution in [0.4, 0.5) is 0 Å². The first-order valence-electron chi connectivity index (χ1n) is 7.38. The highest BCUT2D eigenvalue weighted by atomic mass is 35.5. The van der Waals surface area contributed by atoms with Gasteiger partial charge in [0.2, 0.25) is 5.91 Å². The van der Waals surface area contributed by atoms with Gasteiger partial charge in [-0.2, -0.15) is 0 Å². The lowest BCUT2D eigenvalue weighted by atomic mass is 10.1. The Balaban J connectivity index is 1.86. The fourth-order valence-corrected chi connectivity index (χ4v) is 2.30. The maximum Gasteiger partial charge on any atom is 0.242 e. The van der Waals surface area contributed by atoms with Gasteiger partial charge in [-0.3, -0.25) is 4.79 Å². The molecule has 1 amide bonds. The summed E-state index contributed by atoms with van der Waals surface area (Å²) in [6.45, 7) is 2.23. The Hall–Kier alpha value is -2.20. The first-order valence-corrected chi connectivity index (χ1v) is 7.82. The fraction of sp³-hybridized carbons (Fsp3) is 0.278. The Bertz CT molecular complexity index is 633. The highest BCUT2D eigenvalue weighted by molar-refractivity contribution is 6.30. The quantitative estimate of drug-likeness (QED) is 0.788. The summed E-state index contributed by atoms with van der Waals surface area (Å²) in [4.78, 5) is 12.1. The number of nitrogens with one attached hydrogen (secondary N) is 1. The third kappa shape index (κ3) is 4.89. The number of hydrogen-bond donors (Lipinski definition) is 1. The third-order valence-electron chi connectivity index (χ3n) is 3.28. The molecule has 2 rings (SSSR count). The number of alkyl halides is 1. The van der Waals surface area contributed by atoms with Gasteiger partial charge >= 0.3 is 0 Å². The van der Waals surface area contributed by atoms with Crippen LogP contribution in [-0.4, -0.2) is 25.7 Å². The predicted octanol–water partition coefficient (Wildman–Crippen LogP) is 3.56. The minimum atomic E-state index is -0.713. The van der Waals surface area contributed by atoms with E-state index in [1.807, 2.05) is 61.5 Å². The number of methoxy groups -OCH3 is 1. The first kappa shape index (κ1) is 17.2. The van der Waals surface area contributed by atoms with Crippen LogP contribution in [0.15, 0.2) is 54.6 Å². The summed E-state index contributed by atoms with van der Waals surface area (Å²) in [5, 5.41) is 2.09. The Kier molecular flexibility index (Phi) is 6.29. The van der Waals surface area contributed by atoms with Crippen LogP contribution >= 0.6 is 11.6 Å². The smallest absolute Gasteiger partial charge is 0.242 e. The SMILES string of the molecule is COc1ccccc1OC(C)CNC(=O)C(Cl)c1ccccc1. The maximum absolute atomic E-state index is 12.1. The molecule has 0 saturated carbocycles. The molecule has 0 aliphatic heterocycles. The summed E-state index contributed by atoms with van der Waals surface area (Å²) in [6.07, 6.45) is -0.213. The second-order valence-electron chi connectivity index (χ2n) is 5.10. The van der Waals surface area contributed by atoms with Gasteiger partial charge in [-0.25, -0.2) is 0 Å². The van der Waals surface area contributed by atoms with Crippen LogP contribution in [0.1, 0.15) is 17.9 Å². The van der Waals surface area contributed by atoms with Crippen LogP contribution in [-0.2, 0) is 4.79 Å². The van der Waals surface area contributed by atoms with Crippen LogP contribution in [0.5, 0.6) is 11.5 Å². The highest BCUT2D eigenvalue weighted by Crippen LogP contribution is 2.26. The number of hydrogen-bond acceptors (Lipinski definition) is 3. The molecule has 1 N–H and O–H groups in total. The van der Waals surface area contributed by atoms with Gasteiger partial charge in [-0.15, -0.1) is 11.6 Å². The molecule has 122 valence electrons. The van der Waals surface area contributed by atoms with Crippen molar-refractivity contribution in [2.75, 3.05) is 13.7 Å². The number of carbonyl (C=O) groups is 1. The standard InChI is InChI=1S/C18H20ClNO3/c1-13(23-16-11-7-6-10-15(16)22-2)12-20-18(21)17(19)14-8-4-3-5-9-14/h3-11,13,17H,12H2,1-2H3,(H,20,21). The van der Waals surface area contributed by atoms with Crippen molar-refractivity contribution in [2.24, 2.45) is 0 Å². The Morgan fingerprint density at radius 2 is 1.70 bits per heavy atom. The molecular formula is C18H20ClNO3. The molecule has 0 fully saturated rings. The van der Waals surface area contributed by atoms with Crippen molar-refractivity contribution in [1.82, 2.24) is 5.32 Å². The Labute approximate surface area is 141 Å². The van der Waals surface area contributed by atoms with Gasteiger partial charge < -0.3 is 14.8 Å². The summed E-state index contributed by atoms with van der Waals surface area (Å²) >= 11 is 6.18. The van der Waals surface area contributed by atoms with Crippen LogP contribution in [0, 0.1) is 0 Å². The van der Waals surface area contributed by atoms with Crippen molar-refractivity contribution < 1.29 is 14.3 Å².